The Morgan fingerprint density at radius 2 is 1.67 bits per heavy atom. The van der Waals surface area contributed by atoms with Gasteiger partial charge in [0.1, 0.15) is 17.8 Å². The van der Waals surface area contributed by atoms with Crippen LogP contribution in [0.15, 0.2) is 66.9 Å². The zero-order chi connectivity index (χ0) is 21.1. The normalized spacial score (nSPS) is 13.2. The van der Waals surface area contributed by atoms with E-state index >= 15 is 0 Å². The average molecular weight is 423 g/mol. The number of carboxylic acid groups (broad SMARTS) is 1. The number of nitrogens with zero attached hydrogens (tertiary/aromatic N) is 1. The quantitative estimate of drug-likeness (QED) is 0.579. The van der Waals surface area contributed by atoms with Crippen LogP contribution >= 0.6 is 11.6 Å². The maximum absolute atomic E-state index is 12.3. The van der Waals surface area contributed by atoms with Gasteiger partial charge in [-0.15, -0.1) is 0 Å². The summed E-state index contributed by atoms with van der Waals surface area (Å²) in [5.74, 6) is -1.25. The number of hydrogen-bond donors (Lipinski definition) is 2. The van der Waals surface area contributed by atoms with E-state index in [4.69, 9.17) is 16.3 Å². The van der Waals surface area contributed by atoms with E-state index in [-0.39, 0.29) is 18.9 Å². The number of nitrogens with one attached hydrogen (secondary N) is 1. The molecule has 1 heterocycles. The second kappa shape index (κ2) is 8.55. The van der Waals surface area contributed by atoms with Crippen molar-refractivity contribution in [3.05, 3.63) is 88.7 Å². The van der Waals surface area contributed by atoms with Crippen LogP contribution in [0.1, 0.15) is 22.6 Å². The highest BCUT2D eigenvalue weighted by molar-refractivity contribution is 6.29. The van der Waals surface area contributed by atoms with Crippen molar-refractivity contribution in [3.63, 3.8) is 0 Å². The van der Waals surface area contributed by atoms with Crippen molar-refractivity contribution in [2.45, 2.75) is 18.4 Å². The first-order chi connectivity index (χ1) is 14.5. The molecular formula is C23H19ClN2O4. The first kappa shape index (κ1) is 19.9. The van der Waals surface area contributed by atoms with Gasteiger partial charge in [-0.2, -0.15) is 0 Å². The van der Waals surface area contributed by atoms with E-state index in [1.54, 1.807) is 12.1 Å². The van der Waals surface area contributed by atoms with Crippen LogP contribution in [0.5, 0.6) is 0 Å². The molecule has 0 saturated carbocycles. The Labute approximate surface area is 178 Å². The number of carbonyl (C=O) groups excluding carboxylic acids is 1. The van der Waals surface area contributed by atoms with Crippen LogP contribution in [0.4, 0.5) is 4.79 Å². The van der Waals surface area contributed by atoms with E-state index in [1.165, 1.54) is 6.20 Å². The van der Waals surface area contributed by atoms with Gasteiger partial charge in [-0.25, -0.2) is 14.6 Å². The molecule has 7 heteroatoms. The number of ether oxygens (including phenoxy) is 1. The number of hydrogen-bond acceptors (Lipinski definition) is 4. The topological polar surface area (TPSA) is 88.5 Å². The molecule has 0 saturated heterocycles. The van der Waals surface area contributed by atoms with Crippen LogP contribution < -0.4 is 5.32 Å². The van der Waals surface area contributed by atoms with Crippen LogP contribution in [0, 0.1) is 0 Å². The summed E-state index contributed by atoms with van der Waals surface area (Å²) in [6, 6.07) is 18.1. The summed E-state index contributed by atoms with van der Waals surface area (Å²) in [4.78, 5) is 27.9. The van der Waals surface area contributed by atoms with Gasteiger partial charge in [-0.1, -0.05) is 66.2 Å². The highest BCUT2D eigenvalue weighted by atomic mass is 35.5. The van der Waals surface area contributed by atoms with E-state index in [9.17, 15) is 14.7 Å². The number of pyridine rings is 1. The van der Waals surface area contributed by atoms with Gasteiger partial charge < -0.3 is 15.2 Å². The highest BCUT2D eigenvalue weighted by Crippen LogP contribution is 2.44. The Kier molecular flexibility index (Phi) is 5.68. The molecule has 2 N–H and O–H groups in total. The minimum Gasteiger partial charge on any atom is -0.480 e. The van der Waals surface area contributed by atoms with Gasteiger partial charge in [-0.05, 0) is 33.9 Å². The average Bonchev–Trinajstić information content (AvgIpc) is 3.07. The van der Waals surface area contributed by atoms with Crippen LogP contribution in [-0.2, 0) is 16.0 Å². The fourth-order valence-corrected chi connectivity index (χ4v) is 3.86. The molecule has 1 aliphatic rings. The van der Waals surface area contributed by atoms with Crippen molar-refractivity contribution < 1.29 is 19.4 Å². The summed E-state index contributed by atoms with van der Waals surface area (Å²) < 4.78 is 5.43. The Hall–Kier alpha value is -3.38. The largest absolute Gasteiger partial charge is 0.480 e. The van der Waals surface area contributed by atoms with Crippen molar-refractivity contribution in [1.29, 1.82) is 0 Å². The molecule has 1 aromatic heterocycles. The Balaban J connectivity index is 1.43. The number of rotatable bonds is 6. The van der Waals surface area contributed by atoms with Crippen LogP contribution in [0.3, 0.4) is 0 Å². The molecule has 4 rings (SSSR count). The third-order valence-corrected chi connectivity index (χ3v) is 5.39. The second-order valence-electron chi connectivity index (χ2n) is 7.05. The zero-order valence-corrected chi connectivity index (χ0v) is 16.7. The predicted octanol–water partition coefficient (Wildman–Crippen LogP) is 4.27. The maximum Gasteiger partial charge on any atom is 0.407 e. The molecule has 6 nitrogen and oxygen atoms in total. The summed E-state index contributed by atoms with van der Waals surface area (Å²) >= 11 is 5.75. The lowest BCUT2D eigenvalue weighted by molar-refractivity contribution is -0.139. The van der Waals surface area contributed by atoms with Crippen LogP contribution in [0.2, 0.25) is 5.15 Å². The number of halogens is 1. The molecule has 3 aromatic rings. The number of carboxylic acids is 1. The van der Waals surface area contributed by atoms with Crippen LogP contribution in [-0.4, -0.2) is 34.8 Å². The van der Waals surface area contributed by atoms with Gasteiger partial charge in [0.25, 0.3) is 0 Å². The number of amides is 1. The zero-order valence-electron chi connectivity index (χ0n) is 15.9. The Bertz CT molecular complexity index is 1040. The molecule has 0 fully saturated rings. The third kappa shape index (κ3) is 4.14. The van der Waals surface area contributed by atoms with Gasteiger partial charge >= 0.3 is 12.1 Å². The SMILES string of the molecule is O=C(NC(Cc1ccc(Cl)nc1)C(=O)O)OCC1c2ccccc2-c2ccccc21. The van der Waals surface area contributed by atoms with Gasteiger partial charge in [-0.3, -0.25) is 0 Å². The number of benzene rings is 2. The highest BCUT2D eigenvalue weighted by Gasteiger charge is 2.29. The molecule has 0 bridgehead atoms. The lowest BCUT2D eigenvalue weighted by Crippen LogP contribution is -2.42. The molecule has 0 radical (unpaired) electrons. The number of carbonyl (C=O) groups is 2. The fraction of sp³-hybridized carbons (Fsp3) is 0.174. The lowest BCUT2D eigenvalue weighted by atomic mass is 9.98. The number of fused-ring (bicyclic) bond motifs is 3. The van der Waals surface area contributed by atoms with Crippen molar-refractivity contribution in [3.8, 4) is 11.1 Å². The van der Waals surface area contributed by atoms with E-state index in [0.29, 0.717) is 10.7 Å². The first-order valence-corrected chi connectivity index (χ1v) is 9.85. The van der Waals surface area contributed by atoms with Crippen molar-refractivity contribution in [2.24, 2.45) is 0 Å². The third-order valence-electron chi connectivity index (χ3n) is 5.16. The minimum absolute atomic E-state index is 0.0731. The number of aliphatic carboxylic acids is 1. The Morgan fingerprint density at radius 1 is 1.03 bits per heavy atom. The molecule has 30 heavy (non-hydrogen) atoms. The van der Waals surface area contributed by atoms with Gasteiger partial charge in [0.2, 0.25) is 0 Å². The number of alkyl carbamates (subject to hydrolysis) is 1. The first-order valence-electron chi connectivity index (χ1n) is 9.47. The molecule has 2 aromatic carbocycles. The smallest absolute Gasteiger partial charge is 0.407 e. The molecule has 1 atom stereocenters. The van der Waals surface area contributed by atoms with Gasteiger partial charge in [0, 0.05) is 18.5 Å². The van der Waals surface area contributed by atoms with E-state index in [2.05, 4.69) is 22.4 Å². The molecule has 1 unspecified atom stereocenters. The van der Waals surface area contributed by atoms with Crippen LogP contribution in [0.25, 0.3) is 11.1 Å². The summed E-state index contributed by atoms with van der Waals surface area (Å²) in [5.41, 5.74) is 5.08. The molecule has 1 amide bonds. The van der Waals surface area contributed by atoms with Gasteiger partial charge in [0.05, 0.1) is 0 Å². The molecule has 152 valence electrons. The number of aromatic nitrogens is 1. The van der Waals surface area contributed by atoms with E-state index in [0.717, 1.165) is 22.3 Å². The second-order valence-corrected chi connectivity index (χ2v) is 7.44. The van der Waals surface area contributed by atoms with Crippen molar-refractivity contribution in [1.82, 2.24) is 10.3 Å². The van der Waals surface area contributed by atoms with E-state index in [1.807, 2.05) is 36.4 Å². The monoisotopic (exact) mass is 422 g/mol. The molecule has 1 aliphatic carbocycles. The molecular weight excluding hydrogens is 404 g/mol. The maximum atomic E-state index is 12.3. The van der Waals surface area contributed by atoms with E-state index < -0.39 is 18.1 Å². The molecule has 0 aliphatic heterocycles. The molecule has 0 spiro atoms. The summed E-state index contributed by atoms with van der Waals surface area (Å²) in [5, 5.41) is 12.2. The fourth-order valence-electron chi connectivity index (χ4n) is 3.75. The van der Waals surface area contributed by atoms with Gasteiger partial charge in [0.15, 0.2) is 0 Å². The summed E-state index contributed by atoms with van der Waals surface area (Å²) in [6.45, 7) is 0.120. The van der Waals surface area contributed by atoms with Crippen molar-refractivity contribution in [2.75, 3.05) is 6.61 Å². The predicted molar refractivity (Wildman–Crippen MR) is 113 cm³/mol. The standard InChI is InChI=1S/C23H19ClN2O4/c24-21-10-9-14(12-25-21)11-20(22(27)28)26-23(29)30-13-19-17-7-3-1-5-15(17)16-6-2-4-8-18(16)19/h1-10,12,19-20H,11,13H2,(H,26,29)(H,27,28). The summed E-state index contributed by atoms with van der Waals surface area (Å²) in [7, 11) is 0. The Morgan fingerprint density at radius 3 is 2.23 bits per heavy atom. The minimum atomic E-state index is -1.15. The summed E-state index contributed by atoms with van der Waals surface area (Å²) in [6.07, 6.45) is 0.785. The van der Waals surface area contributed by atoms with Crippen molar-refractivity contribution >= 4 is 23.7 Å². The lowest BCUT2D eigenvalue weighted by Gasteiger charge is -2.17.